The van der Waals surface area contributed by atoms with E-state index in [4.69, 9.17) is 9.84 Å². The molecule has 1 amide bonds. The number of carboxylic acid groups (broad SMARTS) is 1. The first kappa shape index (κ1) is 19.2. The highest BCUT2D eigenvalue weighted by Gasteiger charge is 2.07. The maximum atomic E-state index is 11.4. The van der Waals surface area contributed by atoms with Gasteiger partial charge in [0.2, 0.25) is 5.91 Å². The smallest absolute Gasteiger partial charge is 0.322 e. The van der Waals surface area contributed by atoms with Crippen LogP contribution in [0.2, 0.25) is 0 Å². The minimum absolute atomic E-state index is 0. The van der Waals surface area contributed by atoms with Crippen molar-refractivity contribution in [3.63, 3.8) is 0 Å². The quantitative estimate of drug-likeness (QED) is 0.746. The molecule has 0 bridgehead atoms. The van der Waals surface area contributed by atoms with Gasteiger partial charge in [0.1, 0.15) is 18.9 Å². The van der Waals surface area contributed by atoms with E-state index in [1.165, 1.54) is 0 Å². The molecule has 0 aliphatic carbocycles. The maximum absolute atomic E-state index is 11.4. The van der Waals surface area contributed by atoms with Gasteiger partial charge in [0.05, 0.1) is 6.54 Å². The molecule has 2 N–H and O–H groups in total. The number of carbonyl (C=O) groups is 2. The number of benzene rings is 1. The van der Waals surface area contributed by atoms with Gasteiger partial charge < -0.3 is 15.2 Å². The average Bonchev–Trinajstić information content (AvgIpc) is 2.36. The minimum atomic E-state index is -1.05. The summed E-state index contributed by atoms with van der Waals surface area (Å²) in [5.74, 6) is -0.567. The third kappa shape index (κ3) is 8.88. The molecule has 7 heteroatoms. The number of carbonyl (C=O) groups excluding carboxylic acids is 1. The van der Waals surface area contributed by atoms with Crippen LogP contribution in [0.25, 0.3) is 0 Å². The van der Waals surface area contributed by atoms with E-state index in [0.717, 1.165) is 11.3 Å². The molecule has 6 nitrogen and oxygen atoms in total. The number of nitrogens with zero attached hydrogens (tertiary/aromatic N) is 1. The molecular formula is C14H21ClN2O4. The molecule has 0 aliphatic heterocycles. The Bertz CT molecular complexity index is 468. The molecule has 0 saturated heterocycles. The summed E-state index contributed by atoms with van der Waals surface area (Å²) in [6.45, 7) is 2.82. The molecule has 0 spiro atoms. The van der Waals surface area contributed by atoms with Gasteiger partial charge in [0.25, 0.3) is 0 Å². The second-order valence-electron chi connectivity index (χ2n) is 4.57. The number of rotatable bonds is 8. The fraction of sp³-hybridized carbons (Fsp3) is 0.429. The third-order valence-corrected chi connectivity index (χ3v) is 2.58. The van der Waals surface area contributed by atoms with E-state index in [9.17, 15) is 9.59 Å². The van der Waals surface area contributed by atoms with E-state index >= 15 is 0 Å². The standard InChI is InChI=1S/C14H20N2O4.ClH/c1-11-4-3-5-12(8-11)20-7-6-16(2)10-13(17)15-9-14(18)19;/h3-5,8H,6-7,9-10H2,1-2H3,(H,15,17)(H,18,19);1H. The van der Waals surface area contributed by atoms with Crippen molar-refractivity contribution in [3.05, 3.63) is 29.8 Å². The van der Waals surface area contributed by atoms with Gasteiger partial charge in [-0.1, -0.05) is 12.1 Å². The molecule has 0 radical (unpaired) electrons. The van der Waals surface area contributed by atoms with Crippen molar-refractivity contribution in [2.75, 3.05) is 33.3 Å². The average molecular weight is 317 g/mol. The first-order valence-corrected chi connectivity index (χ1v) is 6.34. The van der Waals surface area contributed by atoms with Crippen LogP contribution in [0.4, 0.5) is 0 Å². The number of carboxylic acids is 1. The van der Waals surface area contributed by atoms with Gasteiger partial charge in [-0.3, -0.25) is 14.5 Å². The van der Waals surface area contributed by atoms with Crippen molar-refractivity contribution in [3.8, 4) is 5.75 Å². The molecule has 0 fully saturated rings. The van der Waals surface area contributed by atoms with E-state index in [0.29, 0.717) is 13.2 Å². The molecule has 118 valence electrons. The summed E-state index contributed by atoms with van der Waals surface area (Å²) in [4.78, 5) is 23.4. The SMILES string of the molecule is Cc1cccc(OCCN(C)CC(=O)NCC(=O)O)c1.Cl. The van der Waals surface area contributed by atoms with Crippen molar-refractivity contribution in [2.24, 2.45) is 0 Å². The lowest BCUT2D eigenvalue weighted by Crippen LogP contribution is -2.38. The molecule has 0 aliphatic rings. The number of hydrogen-bond acceptors (Lipinski definition) is 4. The fourth-order valence-corrected chi connectivity index (χ4v) is 1.58. The van der Waals surface area contributed by atoms with Gasteiger partial charge in [-0.15, -0.1) is 12.4 Å². The van der Waals surface area contributed by atoms with Crippen molar-refractivity contribution in [2.45, 2.75) is 6.92 Å². The Labute approximate surface area is 130 Å². The van der Waals surface area contributed by atoms with E-state index in [1.54, 1.807) is 11.9 Å². The lowest BCUT2D eigenvalue weighted by molar-refractivity contribution is -0.138. The van der Waals surface area contributed by atoms with Crippen LogP contribution < -0.4 is 10.1 Å². The van der Waals surface area contributed by atoms with E-state index in [1.807, 2.05) is 31.2 Å². The van der Waals surface area contributed by atoms with Crippen LogP contribution in [0, 0.1) is 6.92 Å². The topological polar surface area (TPSA) is 78.9 Å². The summed E-state index contributed by atoms with van der Waals surface area (Å²) in [7, 11) is 1.78. The molecule has 21 heavy (non-hydrogen) atoms. The monoisotopic (exact) mass is 316 g/mol. The Morgan fingerprint density at radius 2 is 2.10 bits per heavy atom. The lowest BCUT2D eigenvalue weighted by Gasteiger charge is -2.16. The van der Waals surface area contributed by atoms with E-state index in [2.05, 4.69) is 5.32 Å². The van der Waals surface area contributed by atoms with Gasteiger partial charge in [-0.2, -0.15) is 0 Å². The zero-order chi connectivity index (χ0) is 15.0. The molecule has 0 aromatic heterocycles. The van der Waals surface area contributed by atoms with Crippen LogP contribution in [0.15, 0.2) is 24.3 Å². The molecule has 0 heterocycles. The number of hydrogen-bond donors (Lipinski definition) is 2. The summed E-state index contributed by atoms with van der Waals surface area (Å²) >= 11 is 0. The Morgan fingerprint density at radius 3 is 2.71 bits per heavy atom. The van der Waals surface area contributed by atoms with Crippen molar-refractivity contribution in [1.82, 2.24) is 10.2 Å². The predicted molar refractivity (Wildman–Crippen MR) is 82.1 cm³/mol. The van der Waals surface area contributed by atoms with Gasteiger partial charge in [-0.05, 0) is 31.7 Å². The van der Waals surface area contributed by atoms with Crippen LogP contribution in [-0.4, -0.2) is 55.2 Å². The molecule has 1 aromatic rings. The fourth-order valence-electron chi connectivity index (χ4n) is 1.58. The number of nitrogens with one attached hydrogen (secondary N) is 1. The minimum Gasteiger partial charge on any atom is -0.492 e. The molecule has 1 aromatic carbocycles. The van der Waals surface area contributed by atoms with Crippen LogP contribution >= 0.6 is 12.4 Å². The Kier molecular flexibility index (Phi) is 9.16. The van der Waals surface area contributed by atoms with E-state index in [-0.39, 0.29) is 31.4 Å². The summed E-state index contributed by atoms with van der Waals surface area (Å²) < 4.78 is 5.57. The highest BCUT2D eigenvalue weighted by atomic mass is 35.5. The first-order chi connectivity index (χ1) is 9.47. The van der Waals surface area contributed by atoms with Gasteiger partial charge in [0, 0.05) is 6.54 Å². The van der Waals surface area contributed by atoms with Crippen LogP contribution in [0.5, 0.6) is 5.75 Å². The highest BCUT2D eigenvalue weighted by molar-refractivity contribution is 5.85. The van der Waals surface area contributed by atoms with Crippen molar-refractivity contribution in [1.29, 1.82) is 0 Å². The third-order valence-electron chi connectivity index (χ3n) is 2.58. The summed E-state index contributed by atoms with van der Waals surface area (Å²) in [5, 5.41) is 10.7. The van der Waals surface area contributed by atoms with Gasteiger partial charge >= 0.3 is 5.97 Å². The zero-order valence-corrected chi connectivity index (χ0v) is 13.0. The van der Waals surface area contributed by atoms with Crippen LogP contribution in [0.3, 0.4) is 0 Å². The summed E-state index contributed by atoms with van der Waals surface area (Å²) in [6.07, 6.45) is 0. The molecule has 1 rings (SSSR count). The van der Waals surface area contributed by atoms with E-state index < -0.39 is 5.97 Å². The zero-order valence-electron chi connectivity index (χ0n) is 12.2. The second-order valence-corrected chi connectivity index (χ2v) is 4.57. The van der Waals surface area contributed by atoms with Crippen LogP contribution in [-0.2, 0) is 9.59 Å². The van der Waals surface area contributed by atoms with Gasteiger partial charge in [-0.25, -0.2) is 0 Å². The highest BCUT2D eigenvalue weighted by Crippen LogP contribution is 2.11. The Morgan fingerprint density at radius 1 is 1.38 bits per heavy atom. The van der Waals surface area contributed by atoms with Crippen molar-refractivity contribution >= 4 is 24.3 Å². The number of likely N-dealkylation sites (N-methyl/N-ethyl adjacent to an activating group) is 1. The normalized spacial score (nSPS) is 9.86. The Hall–Kier alpha value is -1.79. The predicted octanol–water partition coefficient (Wildman–Crippen LogP) is 0.928. The van der Waals surface area contributed by atoms with Crippen LogP contribution in [0.1, 0.15) is 5.56 Å². The number of aliphatic carboxylic acids is 1. The summed E-state index contributed by atoms with van der Waals surface area (Å²) in [6, 6.07) is 7.74. The lowest BCUT2D eigenvalue weighted by atomic mass is 10.2. The van der Waals surface area contributed by atoms with Gasteiger partial charge in [0.15, 0.2) is 0 Å². The maximum Gasteiger partial charge on any atom is 0.322 e. The number of aryl methyl sites for hydroxylation is 1. The molecule has 0 saturated carbocycles. The molecule has 0 atom stereocenters. The number of amides is 1. The molecule has 0 unspecified atom stereocenters. The molecular weight excluding hydrogens is 296 g/mol. The number of ether oxygens (including phenoxy) is 1. The largest absolute Gasteiger partial charge is 0.492 e. The number of halogens is 1. The van der Waals surface area contributed by atoms with Crippen molar-refractivity contribution < 1.29 is 19.4 Å². The Balaban J connectivity index is 0.00000400. The first-order valence-electron chi connectivity index (χ1n) is 6.34. The summed E-state index contributed by atoms with van der Waals surface area (Å²) in [5.41, 5.74) is 1.13. The second kappa shape index (κ2) is 10.0.